The number of hydrogen-bond donors (Lipinski definition) is 2. The van der Waals surface area contributed by atoms with Gasteiger partial charge in [0.1, 0.15) is 0 Å². The van der Waals surface area contributed by atoms with Crippen LogP contribution in [0.5, 0.6) is 0 Å². The van der Waals surface area contributed by atoms with E-state index >= 15 is 0 Å². The first-order valence-corrected chi connectivity index (χ1v) is 9.08. The van der Waals surface area contributed by atoms with Gasteiger partial charge in [0.15, 0.2) is 0 Å². The Balaban J connectivity index is 1.86. The molecule has 0 spiro atoms. The van der Waals surface area contributed by atoms with Crippen molar-refractivity contribution in [3.8, 4) is 0 Å². The molecule has 1 fully saturated rings. The van der Waals surface area contributed by atoms with E-state index in [4.69, 9.17) is 4.74 Å². The highest BCUT2D eigenvalue weighted by Crippen LogP contribution is 2.25. The van der Waals surface area contributed by atoms with Crippen molar-refractivity contribution in [2.45, 2.75) is 46.3 Å². The fourth-order valence-corrected chi connectivity index (χ4v) is 3.71. The molecule has 24 heavy (non-hydrogen) atoms. The van der Waals surface area contributed by atoms with E-state index in [1.165, 1.54) is 11.3 Å². The zero-order chi connectivity index (χ0) is 17.9. The molecule has 0 unspecified atom stereocenters. The maximum atomic E-state index is 12.5. The third-order valence-corrected chi connectivity index (χ3v) is 5.38. The third kappa shape index (κ3) is 4.70. The minimum absolute atomic E-state index is 0.0270. The molecular weight excluding hydrogens is 328 g/mol. The minimum Gasteiger partial charge on any atom is -0.447 e. The summed E-state index contributed by atoms with van der Waals surface area (Å²) in [5.74, 6) is -0.0959. The predicted molar refractivity (Wildman–Crippen MR) is 93.4 cm³/mol. The number of ether oxygens (including phenoxy) is 1. The lowest BCUT2D eigenvalue weighted by molar-refractivity contribution is 0.0194. The van der Waals surface area contributed by atoms with E-state index in [-0.39, 0.29) is 17.9 Å². The fourth-order valence-electron chi connectivity index (χ4n) is 2.71. The van der Waals surface area contributed by atoms with Gasteiger partial charge in [0.2, 0.25) is 0 Å². The molecule has 0 aliphatic carbocycles. The number of amides is 2. The molecule has 1 aliphatic rings. The Labute approximate surface area is 146 Å². The number of likely N-dealkylation sites (tertiary alicyclic amines) is 1. The topological polar surface area (TPSA) is 78.9 Å². The number of hydrogen-bond acceptors (Lipinski definition) is 5. The molecule has 2 amide bonds. The van der Waals surface area contributed by atoms with Crippen molar-refractivity contribution in [2.24, 2.45) is 5.92 Å². The number of alkyl carbamates (subject to hydrolysis) is 1. The number of aliphatic hydroxyl groups excluding tert-OH is 1. The Hall–Kier alpha value is -1.60. The van der Waals surface area contributed by atoms with Gasteiger partial charge < -0.3 is 20.1 Å². The predicted octanol–water partition coefficient (Wildman–Crippen LogP) is 2.32. The van der Waals surface area contributed by atoms with E-state index in [1.54, 1.807) is 18.7 Å². The minimum atomic E-state index is -0.649. The summed E-state index contributed by atoms with van der Waals surface area (Å²) < 4.78 is 5.01. The zero-order valence-corrected chi connectivity index (χ0v) is 15.5. The van der Waals surface area contributed by atoms with Crippen molar-refractivity contribution in [1.29, 1.82) is 0 Å². The zero-order valence-electron chi connectivity index (χ0n) is 14.7. The number of nitrogens with one attached hydrogen (secondary N) is 1. The average Bonchev–Trinajstić information content (AvgIpc) is 2.84. The molecule has 0 bridgehead atoms. The van der Waals surface area contributed by atoms with E-state index in [0.717, 1.165) is 10.4 Å². The van der Waals surface area contributed by atoms with Crippen molar-refractivity contribution in [2.75, 3.05) is 19.6 Å². The van der Waals surface area contributed by atoms with Crippen LogP contribution in [0.15, 0.2) is 6.07 Å². The van der Waals surface area contributed by atoms with Gasteiger partial charge in [-0.15, -0.1) is 11.3 Å². The van der Waals surface area contributed by atoms with Crippen molar-refractivity contribution in [3.63, 3.8) is 0 Å². The standard InChI is InChI=1S/C17H26N2O4S/c1-10(2)23-17(22)18-8-13-5-6-19(9-14(13)20)16(21)15-7-11(3)12(4)24-15/h7,10,13-14,20H,5-6,8-9H2,1-4H3,(H,18,22)/t13-,14+/m0/s1. The highest BCUT2D eigenvalue weighted by Gasteiger charge is 2.31. The lowest BCUT2D eigenvalue weighted by atomic mass is 9.93. The first-order valence-electron chi connectivity index (χ1n) is 8.26. The molecule has 1 aromatic heterocycles. The maximum absolute atomic E-state index is 12.5. The Bertz CT molecular complexity index is 580. The molecule has 1 aromatic rings. The van der Waals surface area contributed by atoms with Crippen LogP contribution in [0.4, 0.5) is 4.79 Å². The monoisotopic (exact) mass is 354 g/mol. The third-order valence-electron chi connectivity index (χ3n) is 4.24. The molecule has 7 heteroatoms. The summed E-state index contributed by atoms with van der Waals surface area (Å²) in [5, 5.41) is 13.0. The molecule has 2 N–H and O–H groups in total. The van der Waals surface area contributed by atoms with E-state index in [1.807, 2.05) is 19.9 Å². The lowest BCUT2D eigenvalue weighted by Gasteiger charge is -2.35. The summed E-state index contributed by atoms with van der Waals surface area (Å²) in [6.45, 7) is 8.79. The molecule has 1 aliphatic heterocycles. The van der Waals surface area contributed by atoms with Gasteiger partial charge in [-0.2, -0.15) is 0 Å². The van der Waals surface area contributed by atoms with Gasteiger partial charge in [-0.1, -0.05) is 0 Å². The number of nitrogens with zero attached hydrogens (tertiary/aromatic N) is 1. The number of β-amino-alcohol motifs (C(OH)–C–C–N with tert-alkyl or cyclic N) is 1. The van der Waals surface area contributed by atoms with Crippen molar-refractivity contribution >= 4 is 23.3 Å². The highest BCUT2D eigenvalue weighted by atomic mass is 32.1. The normalized spacial score (nSPS) is 21.0. The van der Waals surface area contributed by atoms with E-state index in [2.05, 4.69) is 5.32 Å². The Morgan fingerprint density at radius 1 is 1.46 bits per heavy atom. The quantitative estimate of drug-likeness (QED) is 0.870. The Kier molecular flexibility index (Phi) is 6.23. The Morgan fingerprint density at radius 2 is 2.17 bits per heavy atom. The number of aliphatic hydroxyl groups is 1. The van der Waals surface area contributed by atoms with Gasteiger partial charge in [0.05, 0.1) is 17.1 Å². The Morgan fingerprint density at radius 3 is 2.71 bits per heavy atom. The molecule has 0 aromatic carbocycles. The van der Waals surface area contributed by atoms with Crippen LogP contribution in [0.1, 0.15) is 40.4 Å². The second-order valence-electron chi connectivity index (χ2n) is 6.55. The second-order valence-corrected chi connectivity index (χ2v) is 7.81. The van der Waals surface area contributed by atoms with E-state index in [9.17, 15) is 14.7 Å². The molecule has 2 atom stereocenters. The summed E-state index contributed by atoms with van der Waals surface area (Å²) >= 11 is 1.49. The SMILES string of the molecule is Cc1cc(C(=O)N2CC[C@@H](CNC(=O)OC(C)C)[C@H](O)C2)sc1C. The van der Waals surface area contributed by atoms with Crippen LogP contribution >= 0.6 is 11.3 Å². The summed E-state index contributed by atoms with van der Waals surface area (Å²) in [5.41, 5.74) is 1.12. The number of thiophene rings is 1. The van der Waals surface area contributed by atoms with Gasteiger partial charge in [0.25, 0.3) is 5.91 Å². The van der Waals surface area contributed by atoms with Crippen LogP contribution in [0.2, 0.25) is 0 Å². The lowest BCUT2D eigenvalue weighted by Crippen LogP contribution is -2.49. The van der Waals surface area contributed by atoms with E-state index < -0.39 is 12.2 Å². The van der Waals surface area contributed by atoms with Crippen molar-refractivity contribution in [1.82, 2.24) is 10.2 Å². The molecular formula is C17H26N2O4S. The smallest absolute Gasteiger partial charge is 0.407 e. The summed E-state index contributed by atoms with van der Waals surface area (Å²) in [4.78, 5) is 27.6. The molecule has 0 radical (unpaired) electrons. The largest absolute Gasteiger partial charge is 0.447 e. The fraction of sp³-hybridized carbons (Fsp3) is 0.647. The molecule has 2 heterocycles. The second kappa shape index (κ2) is 7.98. The van der Waals surface area contributed by atoms with Crippen molar-refractivity contribution in [3.05, 3.63) is 21.4 Å². The van der Waals surface area contributed by atoms with Crippen LogP contribution in [-0.4, -0.2) is 53.8 Å². The summed E-state index contributed by atoms with van der Waals surface area (Å²) in [6, 6.07) is 1.91. The van der Waals surface area contributed by atoms with Crippen molar-refractivity contribution < 1.29 is 19.4 Å². The number of aryl methyl sites for hydroxylation is 2. The van der Waals surface area contributed by atoms with Crippen LogP contribution in [0.25, 0.3) is 0 Å². The summed E-state index contributed by atoms with van der Waals surface area (Å²) in [7, 11) is 0. The number of rotatable bonds is 4. The van der Waals surface area contributed by atoms with Crippen LogP contribution in [0.3, 0.4) is 0 Å². The first kappa shape index (κ1) is 18.7. The molecule has 6 nitrogen and oxygen atoms in total. The number of carbonyl (C=O) groups excluding carboxylic acids is 2. The molecule has 134 valence electrons. The van der Waals surface area contributed by atoms with E-state index in [0.29, 0.717) is 30.9 Å². The highest BCUT2D eigenvalue weighted by molar-refractivity contribution is 7.14. The number of carbonyl (C=O) groups is 2. The van der Waals surface area contributed by atoms with Gasteiger partial charge in [-0.3, -0.25) is 4.79 Å². The van der Waals surface area contributed by atoms with Gasteiger partial charge in [0, 0.05) is 30.4 Å². The van der Waals surface area contributed by atoms with Crippen LogP contribution in [-0.2, 0) is 4.74 Å². The van der Waals surface area contributed by atoms with Gasteiger partial charge >= 0.3 is 6.09 Å². The van der Waals surface area contributed by atoms with Gasteiger partial charge in [-0.05, 0) is 45.7 Å². The maximum Gasteiger partial charge on any atom is 0.407 e. The average molecular weight is 354 g/mol. The van der Waals surface area contributed by atoms with Crippen LogP contribution < -0.4 is 5.32 Å². The molecule has 2 rings (SSSR count). The van der Waals surface area contributed by atoms with Gasteiger partial charge in [-0.25, -0.2) is 4.79 Å². The number of piperidine rings is 1. The van der Waals surface area contributed by atoms with Crippen LogP contribution in [0, 0.1) is 19.8 Å². The summed E-state index contributed by atoms with van der Waals surface area (Å²) in [6.07, 6.45) is -0.644. The first-order chi connectivity index (χ1) is 11.3. The molecule has 1 saturated heterocycles. The molecule has 0 saturated carbocycles.